The summed E-state index contributed by atoms with van der Waals surface area (Å²) < 4.78 is 10.1. The van der Waals surface area contributed by atoms with Crippen molar-refractivity contribution in [1.29, 1.82) is 0 Å². The lowest BCUT2D eigenvalue weighted by Crippen LogP contribution is -2.40. The van der Waals surface area contributed by atoms with Gasteiger partial charge in [-0.2, -0.15) is 4.98 Å². The molecule has 1 aromatic rings. The Morgan fingerprint density at radius 2 is 2.04 bits per heavy atom. The van der Waals surface area contributed by atoms with Crippen molar-refractivity contribution in [2.24, 2.45) is 0 Å². The van der Waals surface area contributed by atoms with Crippen LogP contribution in [0.1, 0.15) is 52.3 Å². The van der Waals surface area contributed by atoms with Crippen LogP contribution in [0, 0.1) is 0 Å². The molecule has 8 nitrogen and oxygen atoms in total. The van der Waals surface area contributed by atoms with E-state index in [-0.39, 0.29) is 35.4 Å². The van der Waals surface area contributed by atoms with Crippen molar-refractivity contribution in [1.82, 2.24) is 15.3 Å². The molecule has 2 atom stereocenters. The molecule has 0 bridgehead atoms. The zero-order valence-electron chi connectivity index (χ0n) is 15.0. The van der Waals surface area contributed by atoms with E-state index in [0.29, 0.717) is 0 Å². The van der Waals surface area contributed by atoms with E-state index >= 15 is 0 Å². The van der Waals surface area contributed by atoms with Crippen molar-refractivity contribution in [2.45, 2.75) is 58.3 Å². The van der Waals surface area contributed by atoms with E-state index in [9.17, 15) is 14.7 Å². The Kier molecular flexibility index (Phi) is 7.57. The first-order valence-corrected chi connectivity index (χ1v) is 8.14. The molecular formula is C16H24ClN3O5. The quantitative estimate of drug-likeness (QED) is 0.755. The smallest absolute Gasteiger partial charge is 0.408 e. The molecule has 0 fully saturated rings. The fraction of sp³-hybridized carbons (Fsp3) is 0.625. The molecule has 0 aromatic carbocycles. The van der Waals surface area contributed by atoms with Gasteiger partial charge in [-0.1, -0.05) is 11.6 Å². The highest BCUT2D eigenvalue weighted by Crippen LogP contribution is 2.26. The molecule has 0 radical (unpaired) electrons. The molecule has 0 aliphatic rings. The predicted molar refractivity (Wildman–Crippen MR) is 91.6 cm³/mol. The maximum Gasteiger partial charge on any atom is 0.408 e. The third-order valence-electron chi connectivity index (χ3n) is 3.09. The maximum atomic E-state index is 12.1. The normalized spacial score (nSPS) is 13.7. The summed E-state index contributed by atoms with van der Waals surface area (Å²) in [6.45, 7) is 6.57. The average Bonchev–Trinajstić information content (AvgIpc) is 2.48. The number of ketones is 1. The van der Waals surface area contributed by atoms with Crippen LogP contribution in [0.25, 0.3) is 0 Å². The lowest BCUT2D eigenvalue weighted by molar-refractivity contribution is -0.117. The van der Waals surface area contributed by atoms with Crippen LogP contribution >= 0.6 is 11.6 Å². The van der Waals surface area contributed by atoms with E-state index in [1.807, 2.05) is 0 Å². The number of Topliss-reactive ketones (excluding diaryl/α,β-unsaturated/α-hetero) is 1. The van der Waals surface area contributed by atoms with E-state index < -0.39 is 23.8 Å². The summed E-state index contributed by atoms with van der Waals surface area (Å²) in [5.74, 6) is 0.116. The van der Waals surface area contributed by atoms with Crippen LogP contribution in [0.15, 0.2) is 6.20 Å². The van der Waals surface area contributed by atoms with E-state index in [1.54, 1.807) is 20.8 Å². The Bertz CT molecular complexity index is 618. The second kappa shape index (κ2) is 8.96. The van der Waals surface area contributed by atoms with E-state index in [1.165, 1.54) is 20.2 Å². The van der Waals surface area contributed by atoms with E-state index in [2.05, 4.69) is 15.3 Å². The van der Waals surface area contributed by atoms with E-state index in [4.69, 9.17) is 21.1 Å². The molecule has 140 valence electrons. The van der Waals surface area contributed by atoms with Crippen molar-refractivity contribution in [3.63, 3.8) is 0 Å². The minimum absolute atomic E-state index is 0.0257. The number of aliphatic hydroxyl groups is 1. The van der Waals surface area contributed by atoms with Crippen LogP contribution in [-0.2, 0) is 9.53 Å². The third-order valence-corrected chi connectivity index (χ3v) is 3.36. The van der Waals surface area contributed by atoms with Gasteiger partial charge in [0.15, 0.2) is 5.15 Å². The number of carbonyl (C=O) groups excluding carboxylic acids is 2. The van der Waals surface area contributed by atoms with Gasteiger partial charge in [0.2, 0.25) is 5.88 Å². The Balaban J connectivity index is 3.05. The largest absolute Gasteiger partial charge is 0.480 e. The van der Waals surface area contributed by atoms with Crippen molar-refractivity contribution in [2.75, 3.05) is 7.11 Å². The van der Waals surface area contributed by atoms with Gasteiger partial charge in [0.1, 0.15) is 23.1 Å². The molecule has 1 aromatic heterocycles. The Hall–Kier alpha value is -1.93. The first-order chi connectivity index (χ1) is 11.5. The van der Waals surface area contributed by atoms with Gasteiger partial charge in [-0.3, -0.25) is 4.98 Å². The third kappa shape index (κ3) is 7.23. The van der Waals surface area contributed by atoms with Gasteiger partial charge in [0.05, 0.1) is 19.4 Å². The number of amides is 1. The molecule has 1 amide bonds. The summed E-state index contributed by atoms with van der Waals surface area (Å²) in [6.07, 6.45) is -0.248. The van der Waals surface area contributed by atoms with Crippen LogP contribution in [0.3, 0.4) is 0 Å². The number of aliphatic hydroxyl groups excluding tert-OH is 1. The van der Waals surface area contributed by atoms with Crippen molar-refractivity contribution in [3.8, 4) is 5.88 Å². The number of carbonyl (C=O) groups is 2. The van der Waals surface area contributed by atoms with Crippen LogP contribution in [0.2, 0.25) is 5.15 Å². The highest BCUT2D eigenvalue weighted by atomic mass is 35.5. The molecular weight excluding hydrogens is 350 g/mol. The number of nitrogens with one attached hydrogen (secondary N) is 1. The number of rotatable bonds is 7. The van der Waals surface area contributed by atoms with Crippen LogP contribution in [0.5, 0.6) is 5.88 Å². The molecule has 25 heavy (non-hydrogen) atoms. The summed E-state index contributed by atoms with van der Waals surface area (Å²) in [5, 5.41) is 12.9. The predicted octanol–water partition coefficient (Wildman–Crippen LogP) is 2.43. The molecule has 9 heteroatoms. The zero-order valence-corrected chi connectivity index (χ0v) is 15.8. The van der Waals surface area contributed by atoms with Gasteiger partial charge in [-0.25, -0.2) is 4.79 Å². The number of hydrogen-bond acceptors (Lipinski definition) is 7. The number of halogens is 1. The fourth-order valence-corrected chi connectivity index (χ4v) is 2.22. The van der Waals surface area contributed by atoms with Gasteiger partial charge < -0.3 is 24.7 Å². The lowest BCUT2D eigenvalue weighted by atomic mass is 10.0. The van der Waals surface area contributed by atoms with Gasteiger partial charge in [-0.15, -0.1) is 0 Å². The van der Waals surface area contributed by atoms with Gasteiger partial charge in [0, 0.05) is 6.42 Å². The van der Waals surface area contributed by atoms with Crippen molar-refractivity contribution in [3.05, 3.63) is 17.0 Å². The number of ether oxygens (including phenoxy) is 2. The average molecular weight is 374 g/mol. The molecule has 2 N–H and O–H groups in total. The van der Waals surface area contributed by atoms with Gasteiger partial charge >= 0.3 is 6.09 Å². The number of nitrogens with zero attached hydrogens (tertiary/aromatic N) is 2. The summed E-state index contributed by atoms with van der Waals surface area (Å²) in [5.41, 5.74) is -0.557. The standard InChI is InChI=1S/C16H24ClN3O5/c1-9(21)6-7-10(22)12(20-15(23)25-16(2,3)4)13-14(17)19-11(24-5)8-18-13/h8,10,12,22H,6-7H2,1-5H3,(H,20,23)/t10-,12+/m0/s1. The number of alkyl carbamates (subject to hydrolysis) is 1. The number of hydrogen-bond donors (Lipinski definition) is 2. The van der Waals surface area contributed by atoms with Crippen LogP contribution < -0.4 is 10.1 Å². The molecule has 0 aliphatic carbocycles. The Labute approximate surface area is 151 Å². The Morgan fingerprint density at radius 1 is 1.40 bits per heavy atom. The van der Waals surface area contributed by atoms with E-state index in [0.717, 1.165) is 0 Å². The summed E-state index contributed by atoms with van der Waals surface area (Å²) >= 11 is 6.10. The first-order valence-electron chi connectivity index (χ1n) is 7.77. The van der Waals surface area contributed by atoms with Gasteiger partial charge in [-0.05, 0) is 34.1 Å². The molecule has 0 spiro atoms. The highest BCUT2D eigenvalue weighted by Gasteiger charge is 2.29. The van der Waals surface area contributed by atoms with Crippen molar-refractivity contribution < 1.29 is 24.2 Å². The molecule has 0 saturated heterocycles. The lowest BCUT2D eigenvalue weighted by Gasteiger charge is -2.26. The summed E-state index contributed by atoms with van der Waals surface area (Å²) in [6, 6.07) is -0.986. The molecule has 1 heterocycles. The monoisotopic (exact) mass is 373 g/mol. The topological polar surface area (TPSA) is 111 Å². The number of aromatic nitrogens is 2. The van der Waals surface area contributed by atoms with Gasteiger partial charge in [0.25, 0.3) is 0 Å². The minimum atomic E-state index is -1.10. The second-order valence-electron chi connectivity index (χ2n) is 6.52. The van der Waals surface area contributed by atoms with Crippen LogP contribution in [-0.4, -0.2) is 45.8 Å². The minimum Gasteiger partial charge on any atom is -0.480 e. The second-order valence-corrected chi connectivity index (χ2v) is 6.88. The molecule has 0 aliphatic heterocycles. The zero-order chi connectivity index (χ0) is 19.2. The maximum absolute atomic E-state index is 12.1. The summed E-state index contributed by atoms with van der Waals surface area (Å²) in [7, 11) is 1.41. The molecule has 0 saturated carbocycles. The highest BCUT2D eigenvalue weighted by molar-refractivity contribution is 6.30. The number of methoxy groups -OCH3 is 1. The first kappa shape index (κ1) is 21.1. The molecule has 0 unspecified atom stereocenters. The van der Waals surface area contributed by atoms with Crippen molar-refractivity contribution >= 4 is 23.5 Å². The SMILES string of the molecule is COc1cnc([C@H](NC(=O)OC(C)(C)C)[C@@H](O)CCC(C)=O)c(Cl)n1. The van der Waals surface area contributed by atoms with Crippen LogP contribution in [0.4, 0.5) is 4.79 Å². The summed E-state index contributed by atoms with van der Waals surface area (Å²) in [4.78, 5) is 31.4. The fourth-order valence-electron chi connectivity index (χ4n) is 1.97. The molecule has 1 rings (SSSR count). The Morgan fingerprint density at radius 3 is 2.52 bits per heavy atom.